The molecule has 1 heterocycles. The molecule has 2 N–H and O–H groups in total. The lowest BCUT2D eigenvalue weighted by atomic mass is 9.93. The van der Waals surface area contributed by atoms with E-state index < -0.39 is 0 Å². The first-order valence-electron chi connectivity index (χ1n) is 7.50. The van der Waals surface area contributed by atoms with Crippen molar-refractivity contribution in [1.82, 2.24) is 10.6 Å². The quantitative estimate of drug-likeness (QED) is 0.891. The fourth-order valence-electron chi connectivity index (χ4n) is 3.02. The van der Waals surface area contributed by atoms with Crippen molar-refractivity contribution < 1.29 is 14.0 Å². The van der Waals surface area contributed by atoms with Gasteiger partial charge in [-0.1, -0.05) is 17.7 Å². The summed E-state index contributed by atoms with van der Waals surface area (Å²) in [4.78, 5) is 23.5. The number of amides is 2. The molecule has 1 unspecified atom stereocenters. The zero-order valence-electron chi connectivity index (χ0n) is 12.1. The van der Waals surface area contributed by atoms with E-state index in [-0.39, 0.29) is 35.4 Å². The molecule has 0 spiro atoms. The van der Waals surface area contributed by atoms with Crippen LogP contribution in [0, 0.1) is 11.7 Å². The van der Waals surface area contributed by atoms with Crippen LogP contribution in [0.25, 0.3) is 0 Å². The lowest BCUT2D eigenvalue weighted by molar-refractivity contribution is -0.132. The van der Waals surface area contributed by atoms with Gasteiger partial charge in [-0.15, -0.1) is 0 Å². The van der Waals surface area contributed by atoms with Crippen LogP contribution >= 0.6 is 11.6 Å². The zero-order chi connectivity index (χ0) is 15.7. The molecule has 1 aliphatic carbocycles. The van der Waals surface area contributed by atoms with Crippen molar-refractivity contribution in [3.05, 3.63) is 34.6 Å². The summed E-state index contributed by atoms with van der Waals surface area (Å²) in [5, 5.41) is 6.07. The average Bonchev–Trinajstić information content (AvgIpc) is 3.25. The van der Waals surface area contributed by atoms with E-state index in [1.165, 1.54) is 12.1 Å². The summed E-state index contributed by atoms with van der Waals surface area (Å²) in [7, 11) is 0. The van der Waals surface area contributed by atoms with E-state index in [2.05, 4.69) is 10.6 Å². The molecule has 2 fully saturated rings. The number of benzene rings is 1. The Bertz CT molecular complexity index is 616. The maximum absolute atomic E-state index is 13.2. The highest BCUT2D eigenvalue weighted by atomic mass is 35.5. The molecule has 22 heavy (non-hydrogen) atoms. The van der Waals surface area contributed by atoms with E-state index >= 15 is 0 Å². The average molecular weight is 325 g/mol. The first-order chi connectivity index (χ1) is 10.5. The van der Waals surface area contributed by atoms with Gasteiger partial charge in [-0.3, -0.25) is 9.59 Å². The summed E-state index contributed by atoms with van der Waals surface area (Å²) in [6.07, 6.45) is 2.76. The van der Waals surface area contributed by atoms with Gasteiger partial charge in [-0.05, 0) is 37.0 Å². The Morgan fingerprint density at radius 1 is 1.45 bits per heavy atom. The van der Waals surface area contributed by atoms with Crippen molar-refractivity contribution in [3.8, 4) is 0 Å². The maximum Gasteiger partial charge on any atom is 0.223 e. The molecule has 4 nitrogen and oxygen atoms in total. The van der Waals surface area contributed by atoms with Gasteiger partial charge in [0.25, 0.3) is 0 Å². The second-order valence-corrected chi connectivity index (χ2v) is 6.57. The van der Waals surface area contributed by atoms with Crippen LogP contribution in [0.15, 0.2) is 18.2 Å². The van der Waals surface area contributed by atoms with Gasteiger partial charge in [0.05, 0.1) is 0 Å². The Balaban J connectivity index is 1.63. The lowest BCUT2D eigenvalue weighted by Crippen LogP contribution is -2.43. The fraction of sp³-hybridized carbons (Fsp3) is 0.500. The minimum atomic E-state index is -0.359. The van der Waals surface area contributed by atoms with Gasteiger partial charge in [0.15, 0.2) is 0 Å². The summed E-state index contributed by atoms with van der Waals surface area (Å²) in [6.45, 7) is 1.03. The van der Waals surface area contributed by atoms with Crippen LogP contribution in [0.4, 0.5) is 4.39 Å². The number of rotatable bonds is 4. The minimum Gasteiger partial charge on any atom is -0.356 e. The van der Waals surface area contributed by atoms with Gasteiger partial charge >= 0.3 is 0 Å². The van der Waals surface area contributed by atoms with Gasteiger partial charge in [-0.2, -0.15) is 0 Å². The van der Waals surface area contributed by atoms with Gasteiger partial charge in [-0.25, -0.2) is 4.39 Å². The third-order valence-corrected chi connectivity index (χ3v) is 4.89. The van der Waals surface area contributed by atoms with E-state index in [0.29, 0.717) is 24.5 Å². The summed E-state index contributed by atoms with van der Waals surface area (Å²) in [5.74, 6) is -0.775. The molecule has 1 saturated carbocycles. The van der Waals surface area contributed by atoms with Crippen molar-refractivity contribution in [2.45, 2.75) is 31.1 Å². The maximum atomic E-state index is 13.2. The van der Waals surface area contributed by atoms with Crippen molar-refractivity contribution >= 4 is 23.4 Å². The normalized spacial score (nSPS) is 22.8. The summed E-state index contributed by atoms with van der Waals surface area (Å²) >= 11 is 6.13. The van der Waals surface area contributed by atoms with E-state index in [4.69, 9.17) is 11.6 Å². The van der Waals surface area contributed by atoms with Crippen molar-refractivity contribution in [1.29, 1.82) is 0 Å². The number of piperidine rings is 1. The number of hydrogen-bond acceptors (Lipinski definition) is 2. The van der Waals surface area contributed by atoms with Gasteiger partial charge in [0.1, 0.15) is 5.82 Å². The van der Waals surface area contributed by atoms with Crippen molar-refractivity contribution in [2.24, 2.45) is 5.92 Å². The van der Waals surface area contributed by atoms with E-state index in [1.54, 1.807) is 6.07 Å². The van der Waals surface area contributed by atoms with Crippen LogP contribution in [0.2, 0.25) is 5.02 Å². The van der Waals surface area contributed by atoms with Crippen LogP contribution in [0.3, 0.4) is 0 Å². The van der Waals surface area contributed by atoms with Crippen LogP contribution in [0.1, 0.15) is 31.2 Å². The number of halogens is 2. The van der Waals surface area contributed by atoms with E-state index in [9.17, 15) is 14.0 Å². The van der Waals surface area contributed by atoms with E-state index in [0.717, 1.165) is 18.4 Å². The standard InChI is InChI=1S/C16H18ClFN2O2/c17-13-8-11(18)1-2-12(13)16(4-5-16)9-20-15(22)10-3-6-19-14(21)7-10/h1-2,8,10H,3-7,9H2,(H,19,21)(H,20,22). The summed E-state index contributed by atoms with van der Waals surface area (Å²) in [5.41, 5.74) is 0.703. The molecule has 1 aliphatic heterocycles. The molecule has 0 bridgehead atoms. The van der Waals surface area contributed by atoms with E-state index in [1.807, 2.05) is 0 Å². The Hall–Kier alpha value is -1.62. The smallest absolute Gasteiger partial charge is 0.223 e. The Labute approximate surface area is 133 Å². The molecule has 2 amide bonds. The number of carbonyl (C=O) groups excluding carboxylic acids is 2. The molecule has 1 aromatic rings. The predicted molar refractivity (Wildman–Crippen MR) is 81.1 cm³/mol. The third-order valence-electron chi connectivity index (χ3n) is 4.57. The van der Waals surface area contributed by atoms with Gasteiger partial charge < -0.3 is 10.6 Å². The Morgan fingerprint density at radius 3 is 2.86 bits per heavy atom. The second kappa shape index (κ2) is 5.88. The monoisotopic (exact) mass is 324 g/mol. The molecule has 1 aromatic carbocycles. The zero-order valence-corrected chi connectivity index (χ0v) is 12.9. The highest BCUT2D eigenvalue weighted by molar-refractivity contribution is 6.31. The Kier molecular flexibility index (Phi) is 4.08. The highest BCUT2D eigenvalue weighted by Gasteiger charge is 2.46. The summed E-state index contributed by atoms with van der Waals surface area (Å²) in [6, 6.07) is 4.41. The first kappa shape index (κ1) is 15.3. The first-order valence-corrected chi connectivity index (χ1v) is 7.88. The molecular weight excluding hydrogens is 307 g/mol. The van der Waals surface area contributed by atoms with Crippen LogP contribution in [-0.4, -0.2) is 24.9 Å². The lowest BCUT2D eigenvalue weighted by Gasteiger charge is -2.23. The topological polar surface area (TPSA) is 58.2 Å². The Morgan fingerprint density at radius 2 is 2.23 bits per heavy atom. The molecule has 0 aromatic heterocycles. The minimum absolute atomic E-state index is 0.0749. The molecule has 3 rings (SSSR count). The largest absolute Gasteiger partial charge is 0.356 e. The molecule has 1 atom stereocenters. The molecule has 0 radical (unpaired) electrons. The second-order valence-electron chi connectivity index (χ2n) is 6.16. The fourth-order valence-corrected chi connectivity index (χ4v) is 3.39. The molecular formula is C16H18ClFN2O2. The molecule has 2 aliphatic rings. The molecule has 1 saturated heterocycles. The molecule has 6 heteroatoms. The number of hydrogen-bond donors (Lipinski definition) is 2. The van der Waals surface area contributed by atoms with Gasteiger partial charge in [0.2, 0.25) is 11.8 Å². The third kappa shape index (κ3) is 3.09. The predicted octanol–water partition coefficient (Wildman–Crippen LogP) is 2.15. The van der Waals surface area contributed by atoms with Crippen LogP contribution in [-0.2, 0) is 15.0 Å². The summed E-state index contributed by atoms with van der Waals surface area (Å²) < 4.78 is 13.2. The van der Waals surface area contributed by atoms with Crippen LogP contribution in [0.5, 0.6) is 0 Å². The molecule has 118 valence electrons. The number of carbonyl (C=O) groups is 2. The SMILES string of the molecule is O=C1CC(C(=O)NCC2(c3ccc(F)cc3Cl)CC2)CCN1. The van der Waals surface area contributed by atoms with Gasteiger partial charge in [0, 0.05) is 35.9 Å². The number of nitrogens with one attached hydrogen (secondary N) is 2. The van der Waals surface area contributed by atoms with Crippen LogP contribution < -0.4 is 10.6 Å². The highest BCUT2D eigenvalue weighted by Crippen LogP contribution is 2.50. The van der Waals surface area contributed by atoms with Crippen molar-refractivity contribution in [3.63, 3.8) is 0 Å². The van der Waals surface area contributed by atoms with Crippen molar-refractivity contribution in [2.75, 3.05) is 13.1 Å².